The lowest BCUT2D eigenvalue weighted by molar-refractivity contribution is -0.274. The molecule has 1 aromatic heterocycles. The number of hydrogen-bond acceptors (Lipinski definition) is 4. The molecule has 30 heavy (non-hydrogen) atoms. The molecule has 1 fully saturated rings. The van der Waals surface area contributed by atoms with E-state index in [4.69, 9.17) is 5.26 Å². The standard InChI is InChI=1S/C23H18F3N3O/c24-23(25,26)30-20-3-1-2-19(13-20)29-15-22(9-10-22)18-8-11-28-21(12-18)17-6-4-16(14-27)5-7-17/h1-8,11-13,29H,9-10,15H2. The highest BCUT2D eigenvalue weighted by molar-refractivity contribution is 5.62. The van der Waals surface area contributed by atoms with E-state index in [-0.39, 0.29) is 11.2 Å². The Balaban J connectivity index is 1.48. The Morgan fingerprint density at radius 2 is 1.83 bits per heavy atom. The first kappa shape index (κ1) is 19.8. The molecule has 2 aromatic carbocycles. The van der Waals surface area contributed by atoms with Crippen LogP contribution in [0, 0.1) is 11.3 Å². The summed E-state index contributed by atoms with van der Waals surface area (Å²) in [5, 5.41) is 12.2. The number of hydrogen-bond donors (Lipinski definition) is 1. The number of pyridine rings is 1. The summed E-state index contributed by atoms with van der Waals surface area (Å²) in [5.74, 6) is -0.246. The summed E-state index contributed by atoms with van der Waals surface area (Å²) in [4.78, 5) is 4.44. The van der Waals surface area contributed by atoms with E-state index in [2.05, 4.69) is 21.1 Å². The van der Waals surface area contributed by atoms with Crippen molar-refractivity contribution in [2.24, 2.45) is 0 Å². The number of ether oxygens (including phenoxy) is 1. The van der Waals surface area contributed by atoms with E-state index < -0.39 is 6.36 Å². The third-order valence-electron chi connectivity index (χ3n) is 5.23. The van der Waals surface area contributed by atoms with Crippen LogP contribution in [-0.4, -0.2) is 17.9 Å². The molecule has 4 nitrogen and oxygen atoms in total. The van der Waals surface area contributed by atoms with Crippen LogP contribution in [0.25, 0.3) is 11.3 Å². The van der Waals surface area contributed by atoms with Gasteiger partial charge in [0.1, 0.15) is 5.75 Å². The van der Waals surface area contributed by atoms with Crippen molar-refractivity contribution in [3.8, 4) is 23.1 Å². The zero-order valence-corrected chi connectivity index (χ0v) is 15.9. The van der Waals surface area contributed by atoms with Gasteiger partial charge in [0.2, 0.25) is 0 Å². The van der Waals surface area contributed by atoms with Crippen LogP contribution < -0.4 is 10.1 Å². The number of aromatic nitrogens is 1. The highest BCUT2D eigenvalue weighted by atomic mass is 19.4. The summed E-state index contributed by atoms with van der Waals surface area (Å²) in [7, 11) is 0. The molecule has 0 saturated heterocycles. The van der Waals surface area contributed by atoms with Crippen LogP contribution in [0.4, 0.5) is 18.9 Å². The number of nitrogens with one attached hydrogen (secondary N) is 1. The zero-order chi connectivity index (χ0) is 21.2. The van der Waals surface area contributed by atoms with Crippen LogP contribution in [0.5, 0.6) is 5.75 Å². The first-order chi connectivity index (χ1) is 14.4. The largest absolute Gasteiger partial charge is 0.573 e. The van der Waals surface area contributed by atoms with Crippen LogP contribution in [-0.2, 0) is 5.41 Å². The van der Waals surface area contributed by atoms with Gasteiger partial charge in [0.15, 0.2) is 0 Å². The first-order valence-corrected chi connectivity index (χ1v) is 9.44. The lowest BCUT2D eigenvalue weighted by Crippen LogP contribution is -2.20. The maximum atomic E-state index is 12.4. The average Bonchev–Trinajstić information content (AvgIpc) is 3.53. The number of anilines is 1. The molecule has 1 aliphatic carbocycles. The third-order valence-corrected chi connectivity index (χ3v) is 5.23. The van der Waals surface area contributed by atoms with Gasteiger partial charge >= 0.3 is 6.36 Å². The van der Waals surface area contributed by atoms with Gasteiger partial charge in [-0.2, -0.15) is 5.26 Å². The fraction of sp³-hybridized carbons (Fsp3) is 0.217. The molecule has 1 saturated carbocycles. The van der Waals surface area contributed by atoms with Gasteiger partial charge in [-0.05, 0) is 54.8 Å². The number of rotatable bonds is 6. The van der Waals surface area contributed by atoms with E-state index in [0.29, 0.717) is 17.8 Å². The molecular weight excluding hydrogens is 391 g/mol. The van der Waals surface area contributed by atoms with Crippen molar-refractivity contribution in [1.29, 1.82) is 5.26 Å². The molecule has 1 heterocycles. The van der Waals surface area contributed by atoms with Crippen LogP contribution in [0.2, 0.25) is 0 Å². The van der Waals surface area contributed by atoms with Gasteiger partial charge in [-0.25, -0.2) is 0 Å². The number of halogens is 3. The SMILES string of the molecule is N#Cc1ccc(-c2cc(C3(CNc4cccc(OC(F)(F)F)c4)CC3)ccn2)cc1. The number of nitriles is 1. The Bertz CT molecular complexity index is 1080. The van der Waals surface area contributed by atoms with Gasteiger partial charge in [0.25, 0.3) is 0 Å². The van der Waals surface area contributed by atoms with E-state index in [0.717, 1.165) is 29.7 Å². The lowest BCUT2D eigenvalue weighted by atomic mass is 9.95. The number of nitrogens with zero attached hydrogens (tertiary/aromatic N) is 2. The topological polar surface area (TPSA) is 57.9 Å². The Morgan fingerprint density at radius 3 is 2.50 bits per heavy atom. The molecule has 0 bridgehead atoms. The molecule has 4 rings (SSSR count). The normalized spacial score (nSPS) is 14.6. The smallest absolute Gasteiger partial charge is 0.406 e. The number of benzene rings is 2. The van der Waals surface area contributed by atoms with Crippen molar-refractivity contribution in [3.05, 3.63) is 78.0 Å². The van der Waals surface area contributed by atoms with Crippen molar-refractivity contribution in [1.82, 2.24) is 4.98 Å². The molecule has 7 heteroatoms. The summed E-state index contributed by atoms with van der Waals surface area (Å²) >= 11 is 0. The van der Waals surface area contributed by atoms with E-state index in [1.807, 2.05) is 24.3 Å². The van der Waals surface area contributed by atoms with E-state index >= 15 is 0 Å². The van der Waals surface area contributed by atoms with Crippen LogP contribution >= 0.6 is 0 Å². The predicted octanol–water partition coefficient (Wildman–Crippen LogP) is 5.66. The summed E-state index contributed by atoms with van der Waals surface area (Å²) in [6, 6.07) is 19.2. The molecule has 0 aliphatic heterocycles. The van der Waals surface area contributed by atoms with Gasteiger partial charge in [-0.15, -0.1) is 13.2 Å². The van der Waals surface area contributed by atoms with E-state index in [9.17, 15) is 13.2 Å². The van der Waals surface area contributed by atoms with Gasteiger partial charge in [0.05, 0.1) is 17.3 Å². The predicted molar refractivity (Wildman–Crippen MR) is 107 cm³/mol. The first-order valence-electron chi connectivity index (χ1n) is 9.44. The monoisotopic (exact) mass is 409 g/mol. The molecule has 152 valence electrons. The highest BCUT2D eigenvalue weighted by Crippen LogP contribution is 2.48. The second-order valence-electron chi connectivity index (χ2n) is 7.33. The van der Waals surface area contributed by atoms with Crippen molar-refractivity contribution >= 4 is 5.69 Å². The van der Waals surface area contributed by atoms with Crippen molar-refractivity contribution in [2.45, 2.75) is 24.6 Å². The molecule has 0 radical (unpaired) electrons. The summed E-state index contributed by atoms with van der Waals surface area (Å²) in [6.07, 6.45) is -0.985. The van der Waals surface area contributed by atoms with Crippen molar-refractivity contribution in [2.75, 3.05) is 11.9 Å². The van der Waals surface area contributed by atoms with Gasteiger partial charge in [0, 0.05) is 35.5 Å². The third kappa shape index (κ3) is 4.54. The molecule has 1 N–H and O–H groups in total. The van der Waals surface area contributed by atoms with Crippen LogP contribution in [0.15, 0.2) is 66.9 Å². The zero-order valence-electron chi connectivity index (χ0n) is 15.9. The van der Waals surface area contributed by atoms with Gasteiger partial charge in [-0.1, -0.05) is 18.2 Å². The second-order valence-corrected chi connectivity index (χ2v) is 7.33. The number of alkyl halides is 3. The van der Waals surface area contributed by atoms with E-state index in [1.54, 1.807) is 24.4 Å². The minimum absolute atomic E-state index is 0.0782. The minimum atomic E-state index is -4.71. The van der Waals surface area contributed by atoms with Crippen LogP contribution in [0.3, 0.4) is 0 Å². The fourth-order valence-electron chi connectivity index (χ4n) is 3.43. The molecule has 0 amide bonds. The van der Waals surface area contributed by atoms with Crippen LogP contribution in [0.1, 0.15) is 24.0 Å². The molecular formula is C23H18F3N3O. The Kier molecular flexibility index (Phi) is 5.08. The van der Waals surface area contributed by atoms with Gasteiger partial charge < -0.3 is 10.1 Å². The summed E-state index contributed by atoms with van der Waals surface area (Å²) < 4.78 is 41.3. The maximum Gasteiger partial charge on any atom is 0.573 e. The molecule has 1 aliphatic rings. The molecule has 0 spiro atoms. The highest BCUT2D eigenvalue weighted by Gasteiger charge is 2.44. The van der Waals surface area contributed by atoms with Crippen molar-refractivity contribution in [3.63, 3.8) is 0 Å². The lowest BCUT2D eigenvalue weighted by Gasteiger charge is -2.19. The minimum Gasteiger partial charge on any atom is -0.406 e. The maximum absolute atomic E-state index is 12.4. The Hall–Kier alpha value is -3.53. The quantitative estimate of drug-likeness (QED) is 0.571. The van der Waals surface area contributed by atoms with Gasteiger partial charge in [-0.3, -0.25) is 4.98 Å². The summed E-state index contributed by atoms with van der Waals surface area (Å²) in [5.41, 5.74) is 3.97. The van der Waals surface area contributed by atoms with Crippen molar-refractivity contribution < 1.29 is 17.9 Å². The molecule has 0 unspecified atom stereocenters. The van der Waals surface area contributed by atoms with E-state index in [1.165, 1.54) is 18.2 Å². The second kappa shape index (κ2) is 7.71. The molecule has 0 atom stereocenters. The summed E-state index contributed by atoms with van der Waals surface area (Å²) in [6.45, 7) is 0.597. The Morgan fingerprint density at radius 1 is 1.07 bits per heavy atom. The molecule has 3 aromatic rings. The average molecular weight is 409 g/mol. The fourth-order valence-corrected chi connectivity index (χ4v) is 3.43. The Labute approximate surface area is 172 Å².